The monoisotopic (exact) mass is 332 g/mol. The molecule has 3 unspecified atom stereocenters. The second-order valence-corrected chi connectivity index (χ2v) is 6.06. The number of nitriles is 1. The van der Waals surface area contributed by atoms with Crippen molar-refractivity contribution in [2.45, 2.75) is 32.2 Å². The summed E-state index contributed by atoms with van der Waals surface area (Å²) in [7, 11) is 3.24. The van der Waals surface area contributed by atoms with Crippen molar-refractivity contribution in [3.63, 3.8) is 0 Å². The van der Waals surface area contributed by atoms with Gasteiger partial charge < -0.3 is 19.5 Å². The fourth-order valence-corrected chi connectivity index (χ4v) is 3.43. The SMILES string of the molecule is CCC1CC(C(C#N)C(=O)O)CCN1c1cc(OC)cc(OC)c1. The van der Waals surface area contributed by atoms with E-state index < -0.39 is 11.9 Å². The maximum atomic E-state index is 11.3. The van der Waals surface area contributed by atoms with Crippen LogP contribution in [0.2, 0.25) is 0 Å². The number of piperidine rings is 1. The number of aliphatic carboxylic acids is 1. The van der Waals surface area contributed by atoms with E-state index in [9.17, 15) is 9.90 Å². The van der Waals surface area contributed by atoms with Crippen molar-refractivity contribution >= 4 is 11.7 Å². The second-order valence-electron chi connectivity index (χ2n) is 6.06. The molecule has 0 radical (unpaired) electrons. The zero-order valence-corrected chi connectivity index (χ0v) is 14.4. The predicted molar refractivity (Wildman–Crippen MR) is 90.4 cm³/mol. The molecular weight excluding hydrogens is 308 g/mol. The Bertz CT molecular complexity index is 604. The Labute approximate surface area is 142 Å². The Morgan fingerprint density at radius 2 is 2.00 bits per heavy atom. The summed E-state index contributed by atoms with van der Waals surface area (Å²) in [4.78, 5) is 13.5. The Kier molecular flexibility index (Phi) is 5.91. The number of methoxy groups -OCH3 is 2. The molecule has 1 aliphatic heterocycles. The summed E-state index contributed by atoms with van der Waals surface area (Å²) in [5, 5.41) is 18.4. The highest BCUT2D eigenvalue weighted by Gasteiger charge is 2.35. The zero-order chi connectivity index (χ0) is 17.7. The number of anilines is 1. The number of hydrogen-bond donors (Lipinski definition) is 1. The number of nitrogens with zero attached hydrogens (tertiary/aromatic N) is 2. The quantitative estimate of drug-likeness (QED) is 0.862. The van der Waals surface area contributed by atoms with Gasteiger partial charge in [0.05, 0.1) is 20.3 Å². The van der Waals surface area contributed by atoms with Gasteiger partial charge in [-0.05, 0) is 25.2 Å². The Morgan fingerprint density at radius 1 is 1.38 bits per heavy atom. The van der Waals surface area contributed by atoms with E-state index in [1.54, 1.807) is 14.2 Å². The smallest absolute Gasteiger partial charge is 0.321 e. The highest BCUT2D eigenvalue weighted by atomic mass is 16.5. The Morgan fingerprint density at radius 3 is 2.46 bits per heavy atom. The molecule has 0 aromatic heterocycles. The van der Waals surface area contributed by atoms with Gasteiger partial charge in [0.25, 0.3) is 0 Å². The van der Waals surface area contributed by atoms with Crippen LogP contribution in [0.4, 0.5) is 5.69 Å². The number of hydrogen-bond acceptors (Lipinski definition) is 5. The molecule has 0 amide bonds. The summed E-state index contributed by atoms with van der Waals surface area (Å²) in [5.74, 6) is -0.611. The van der Waals surface area contributed by atoms with Gasteiger partial charge in [0.1, 0.15) is 17.4 Å². The summed E-state index contributed by atoms with van der Waals surface area (Å²) in [5.41, 5.74) is 1.00. The fourth-order valence-electron chi connectivity index (χ4n) is 3.43. The molecule has 0 spiro atoms. The summed E-state index contributed by atoms with van der Waals surface area (Å²) in [6.07, 6.45) is 2.26. The predicted octanol–water partition coefficient (Wildman–Crippen LogP) is 2.92. The highest BCUT2D eigenvalue weighted by Crippen LogP contribution is 2.36. The van der Waals surface area contributed by atoms with Crippen LogP contribution in [-0.2, 0) is 4.79 Å². The maximum absolute atomic E-state index is 11.3. The van der Waals surface area contributed by atoms with Crippen LogP contribution in [0.15, 0.2) is 18.2 Å². The average Bonchev–Trinajstić information content (AvgIpc) is 2.61. The van der Waals surface area contributed by atoms with Gasteiger partial charge in [0, 0.05) is 36.5 Å². The Balaban J connectivity index is 2.24. The van der Waals surface area contributed by atoms with E-state index in [-0.39, 0.29) is 12.0 Å². The first-order valence-corrected chi connectivity index (χ1v) is 8.16. The number of carboxylic acid groups (broad SMARTS) is 1. The third-order valence-electron chi connectivity index (χ3n) is 4.77. The van der Waals surface area contributed by atoms with Gasteiger partial charge in [0.2, 0.25) is 0 Å². The first-order chi connectivity index (χ1) is 11.5. The minimum absolute atomic E-state index is 0.110. The van der Waals surface area contributed by atoms with Crippen LogP contribution in [0, 0.1) is 23.2 Å². The van der Waals surface area contributed by atoms with E-state index in [2.05, 4.69) is 11.8 Å². The fraction of sp³-hybridized carbons (Fsp3) is 0.556. The minimum Gasteiger partial charge on any atom is -0.497 e. The van der Waals surface area contributed by atoms with Gasteiger partial charge in [-0.2, -0.15) is 5.26 Å². The van der Waals surface area contributed by atoms with Crippen molar-refractivity contribution in [1.82, 2.24) is 0 Å². The van der Waals surface area contributed by atoms with Gasteiger partial charge in [-0.25, -0.2) is 0 Å². The lowest BCUT2D eigenvalue weighted by atomic mass is 9.81. The molecule has 3 atom stereocenters. The van der Waals surface area contributed by atoms with Crippen molar-refractivity contribution in [3.05, 3.63) is 18.2 Å². The van der Waals surface area contributed by atoms with Crippen LogP contribution in [0.25, 0.3) is 0 Å². The number of rotatable bonds is 6. The molecule has 1 aromatic carbocycles. The summed E-state index contributed by atoms with van der Waals surface area (Å²) in [6, 6.07) is 7.89. The number of benzene rings is 1. The van der Waals surface area contributed by atoms with Gasteiger partial charge >= 0.3 is 5.97 Å². The van der Waals surface area contributed by atoms with Crippen molar-refractivity contribution in [2.24, 2.45) is 11.8 Å². The normalized spacial score (nSPS) is 21.7. The van der Waals surface area contributed by atoms with E-state index in [4.69, 9.17) is 14.7 Å². The molecule has 0 bridgehead atoms. The maximum Gasteiger partial charge on any atom is 0.321 e. The van der Waals surface area contributed by atoms with E-state index in [0.29, 0.717) is 19.4 Å². The van der Waals surface area contributed by atoms with Gasteiger partial charge in [-0.15, -0.1) is 0 Å². The first-order valence-electron chi connectivity index (χ1n) is 8.16. The topological polar surface area (TPSA) is 82.8 Å². The third-order valence-corrected chi connectivity index (χ3v) is 4.77. The first kappa shape index (κ1) is 17.9. The molecule has 24 heavy (non-hydrogen) atoms. The summed E-state index contributed by atoms with van der Waals surface area (Å²) >= 11 is 0. The molecule has 1 saturated heterocycles. The van der Waals surface area contributed by atoms with Crippen LogP contribution in [0.3, 0.4) is 0 Å². The van der Waals surface area contributed by atoms with E-state index >= 15 is 0 Å². The van der Waals surface area contributed by atoms with Crippen molar-refractivity contribution in [2.75, 3.05) is 25.7 Å². The standard InChI is InChI=1S/C18H24N2O4/c1-4-13-7-12(17(11-19)18(21)22)5-6-20(13)14-8-15(23-2)10-16(9-14)24-3/h8-10,12-13,17H,4-7H2,1-3H3,(H,21,22). The molecule has 130 valence electrons. The molecule has 2 rings (SSSR count). The van der Waals surface area contributed by atoms with Crippen LogP contribution in [0.1, 0.15) is 26.2 Å². The van der Waals surface area contributed by atoms with E-state index in [1.165, 1.54) is 0 Å². The van der Waals surface area contributed by atoms with Crippen molar-refractivity contribution in [3.8, 4) is 17.6 Å². The van der Waals surface area contributed by atoms with Crippen LogP contribution in [-0.4, -0.2) is 37.9 Å². The third kappa shape index (κ3) is 3.73. The van der Waals surface area contributed by atoms with Gasteiger partial charge in [0.15, 0.2) is 0 Å². The van der Waals surface area contributed by atoms with Crippen LogP contribution < -0.4 is 14.4 Å². The summed E-state index contributed by atoms with van der Waals surface area (Å²) < 4.78 is 10.7. The molecule has 6 nitrogen and oxygen atoms in total. The average molecular weight is 332 g/mol. The molecule has 1 aliphatic rings. The van der Waals surface area contributed by atoms with Crippen LogP contribution in [0.5, 0.6) is 11.5 Å². The lowest BCUT2D eigenvalue weighted by Gasteiger charge is -2.41. The van der Waals surface area contributed by atoms with Crippen molar-refractivity contribution < 1.29 is 19.4 Å². The lowest BCUT2D eigenvalue weighted by molar-refractivity contribution is -0.141. The lowest BCUT2D eigenvalue weighted by Crippen LogP contribution is -2.44. The molecule has 0 aliphatic carbocycles. The molecule has 1 heterocycles. The van der Waals surface area contributed by atoms with Crippen molar-refractivity contribution in [1.29, 1.82) is 5.26 Å². The Hall–Kier alpha value is -2.42. The molecular formula is C18H24N2O4. The number of carbonyl (C=O) groups is 1. The minimum atomic E-state index is -1.02. The largest absolute Gasteiger partial charge is 0.497 e. The molecule has 1 fully saturated rings. The van der Waals surface area contributed by atoms with E-state index in [0.717, 1.165) is 23.6 Å². The molecule has 1 N–H and O–H groups in total. The van der Waals surface area contributed by atoms with Crippen LogP contribution >= 0.6 is 0 Å². The number of carboxylic acids is 1. The second kappa shape index (κ2) is 7.91. The molecule has 6 heteroatoms. The van der Waals surface area contributed by atoms with Gasteiger partial charge in [-0.1, -0.05) is 6.92 Å². The van der Waals surface area contributed by atoms with E-state index in [1.807, 2.05) is 24.3 Å². The zero-order valence-electron chi connectivity index (χ0n) is 14.4. The molecule has 1 aromatic rings. The molecule has 0 saturated carbocycles. The highest BCUT2D eigenvalue weighted by molar-refractivity contribution is 5.73. The number of ether oxygens (including phenoxy) is 2. The van der Waals surface area contributed by atoms with Gasteiger partial charge in [-0.3, -0.25) is 4.79 Å². The summed E-state index contributed by atoms with van der Waals surface area (Å²) in [6.45, 7) is 2.80.